The third-order valence-corrected chi connectivity index (χ3v) is 15.6. The lowest BCUT2D eigenvalue weighted by Crippen LogP contribution is -2.42. The van der Waals surface area contributed by atoms with E-state index in [-0.39, 0.29) is 95.8 Å². The number of fused-ring (bicyclic) bond motifs is 6. The highest BCUT2D eigenvalue weighted by Crippen LogP contribution is 2.51. The topological polar surface area (TPSA) is 264 Å². The minimum atomic E-state index is -0.926. The van der Waals surface area contributed by atoms with Crippen LogP contribution in [0.5, 0.6) is 57.5 Å². The molecule has 0 radical (unpaired) electrons. The summed E-state index contributed by atoms with van der Waals surface area (Å²) in [6.07, 6.45) is 5.61. The molecular weight excluding hydrogens is 1280 g/mol. The second-order valence-corrected chi connectivity index (χ2v) is 22.3. The lowest BCUT2D eigenvalue weighted by molar-refractivity contribution is 0.101. The predicted octanol–water partition coefficient (Wildman–Crippen LogP) is 10.6. The second-order valence-electron chi connectivity index (χ2n) is 22.3. The summed E-state index contributed by atoms with van der Waals surface area (Å²) in [5.74, 6) is -2.22. The van der Waals surface area contributed by atoms with Crippen molar-refractivity contribution in [2.24, 2.45) is 7.05 Å². The Morgan fingerprint density at radius 2 is 0.990 bits per heavy atom. The van der Waals surface area contributed by atoms with Gasteiger partial charge in [-0.3, -0.25) is 33.7 Å². The van der Waals surface area contributed by atoms with Crippen molar-refractivity contribution < 1.29 is 74.5 Å². The van der Waals surface area contributed by atoms with Gasteiger partial charge in [0.05, 0.1) is 46.4 Å². The molecule has 0 aliphatic carbocycles. The SMILES string of the molecule is CCc1cc(Oc2ccnc3cc(OCCOC)c4c(c23)OCCO4)c(F)cc1NC(=O)c1cn(CC)c(=O)n(-c2ccc(F)cc2)c1=O.COCCOc1cc2nccc(Oc3cc(C(C)C)c(NC(=O)c4cn(C)c(=O)n(-c5ccc(F)cc5)c4=O)cc3F)c2c2c1OCCO2. The van der Waals surface area contributed by atoms with Crippen molar-refractivity contribution in [3.63, 3.8) is 0 Å². The van der Waals surface area contributed by atoms with Gasteiger partial charge < -0.3 is 62.6 Å². The number of aromatic nitrogens is 6. The summed E-state index contributed by atoms with van der Waals surface area (Å²) in [6, 6.07) is 21.0. The molecule has 508 valence electrons. The van der Waals surface area contributed by atoms with Crippen molar-refractivity contribution >= 4 is 45.0 Å². The van der Waals surface area contributed by atoms with Crippen LogP contribution in [0.25, 0.3) is 33.2 Å². The number of halogens is 4. The summed E-state index contributed by atoms with van der Waals surface area (Å²) in [7, 11) is 4.50. The molecule has 0 spiro atoms. The number of nitrogens with one attached hydrogen (secondary N) is 2. The number of carbonyl (C=O) groups is 2. The van der Waals surface area contributed by atoms with Crippen molar-refractivity contribution in [3.8, 4) is 68.9 Å². The third kappa shape index (κ3) is 14.1. The molecule has 28 heteroatoms. The molecule has 0 unspecified atom stereocenters. The van der Waals surface area contributed by atoms with Gasteiger partial charge in [-0.25, -0.2) is 36.3 Å². The Kier molecular flexibility index (Phi) is 20.5. The van der Waals surface area contributed by atoms with Crippen molar-refractivity contribution in [3.05, 3.63) is 209 Å². The molecule has 2 N–H and O–H groups in total. The zero-order valence-corrected chi connectivity index (χ0v) is 53.9. The molecule has 2 aliphatic rings. The molecule has 0 saturated heterocycles. The van der Waals surface area contributed by atoms with E-state index in [1.165, 1.54) is 60.4 Å². The van der Waals surface area contributed by atoms with E-state index in [9.17, 15) is 37.5 Å². The van der Waals surface area contributed by atoms with Gasteiger partial charge in [0.1, 0.15) is 73.9 Å². The molecular formula is C70H64F4N8O16. The molecule has 24 nitrogen and oxygen atoms in total. The highest BCUT2D eigenvalue weighted by Gasteiger charge is 2.29. The maximum Gasteiger partial charge on any atom is 0.335 e. The zero-order valence-electron chi connectivity index (χ0n) is 53.9. The van der Waals surface area contributed by atoms with Crippen molar-refractivity contribution in [2.45, 2.75) is 46.6 Å². The van der Waals surface area contributed by atoms with Gasteiger partial charge >= 0.3 is 11.4 Å². The van der Waals surface area contributed by atoms with Gasteiger partial charge in [-0.2, -0.15) is 0 Å². The van der Waals surface area contributed by atoms with Gasteiger partial charge in [-0.1, -0.05) is 20.8 Å². The van der Waals surface area contributed by atoms with E-state index >= 15 is 8.78 Å². The van der Waals surface area contributed by atoms with Crippen LogP contribution >= 0.6 is 0 Å². The Balaban J connectivity index is 0.000000198. The lowest BCUT2D eigenvalue weighted by atomic mass is 10.00. The first kappa shape index (κ1) is 67.9. The minimum Gasteiger partial charge on any atom is -0.487 e. The summed E-state index contributed by atoms with van der Waals surface area (Å²) >= 11 is 0. The van der Waals surface area contributed by atoms with E-state index < -0.39 is 57.6 Å². The van der Waals surface area contributed by atoms with Gasteiger partial charge in [0.2, 0.25) is 11.5 Å². The standard InChI is InChI=1S/2C35H32F2N4O8/c1-19(2)22-15-28(49-27-9-10-38-26-17-29(46-12-11-45-4)31-32(30(26)27)48-14-13-47-31)24(37)16-25(22)39-33(42)23-18-40(3)35(44)41(34(23)43)21-7-5-20(36)6-8-21;1-4-20-16-28(49-27-10-11-38-26-18-29(46-13-12-45-3)31-32(30(26)27)48-15-14-47-31)24(37)17-25(20)39-33(42)23-19-40(5-2)35(44)41(34(23)43)22-8-6-21(36)7-9-22/h5-10,15-19H,11-14H2,1-4H3,(H,39,42);6-11,16-19H,4-5,12-15H2,1-3H3,(H,39,42). The number of benzene rings is 6. The first-order chi connectivity index (χ1) is 47.3. The van der Waals surface area contributed by atoms with Crippen molar-refractivity contribution in [1.82, 2.24) is 28.2 Å². The van der Waals surface area contributed by atoms with Crippen LogP contribution in [0.4, 0.5) is 28.9 Å². The van der Waals surface area contributed by atoms with Gasteiger partial charge in [-0.05, 0) is 103 Å². The maximum absolute atomic E-state index is 15.8. The maximum atomic E-state index is 15.8. The molecule has 6 aromatic carbocycles. The van der Waals surface area contributed by atoms with Crippen LogP contribution in [-0.2, 0) is 29.5 Å². The second kappa shape index (κ2) is 29.6. The van der Waals surface area contributed by atoms with E-state index in [4.69, 9.17) is 47.4 Å². The van der Waals surface area contributed by atoms with Crippen LogP contribution in [0.2, 0.25) is 0 Å². The number of hydrogen-bond acceptors (Lipinski definition) is 18. The normalized spacial score (nSPS) is 12.2. The highest BCUT2D eigenvalue weighted by atomic mass is 19.1. The molecule has 6 heterocycles. The number of amides is 2. The third-order valence-electron chi connectivity index (χ3n) is 15.6. The lowest BCUT2D eigenvalue weighted by Gasteiger charge is -2.24. The smallest absolute Gasteiger partial charge is 0.335 e. The van der Waals surface area contributed by atoms with Gasteiger partial charge in [-0.15, -0.1) is 0 Å². The van der Waals surface area contributed by atoms with E-state index in [0.717, 1.165) is 62.5 Å². The minimum absolute atomic E-state index is 0.0776. The van der Waals surface area contributed by atoms with Crippen LogP contribution in [-0.4, -0.2) is 107 Å². The van der Waals surface area contributed by atoms with Crippen LogP contribution < -0.4 is 71.0 Å². The van der Waals surface area contributed by atoms with Crippen LogP contribution in [0.3, 0.4) is 0 Å². The first-order valence-corrected chi connectivity index (χ1v) is 30.8. The summed E-state index contributed by atoms with van der Waals surface area (Å²) in [6.45, 7) is 9.71. The molecule has 0 saturated carbocycles. The summed E-state index contributed by atoms with van der Waals surface area (Å²) in [5, 5.41) is 6.14. The number of hydrogen-bond donors (Lipinski definition) is 2. The Morgan fingerprint density at radius 1 is 0.541 bits per heavy atom. The number of carbonyl (C=O) groups excluding carboxylic acids is 2. The van der Waals surface area contributed by atoms with Crippen LogP contribution in [0.1, 0.15) is 65.5 Å². The molecule has 0 fully saturated rings. The molecule has 98 heavy (non-hydrogen) atoms. The molecule has 0 bridgehead atoms. The number of nitrogens with zero attached hydrogens (tertiary/aromatic N) is 6. The van der Waals surface area contributed by atoms with Crippen LogP contribution in [0, 0.1) is 23.3 Å². The average Bonchev–Trinajstić information content (AvgIpc) is 0.770. The van der Waals surface area contributed by atoms with Gasteiger partial charge in [0.15, 0.2) is 46.1 Å². The Morgan fingerprint density at radius 3 is 1.46 bits per heavy atom. The summed E-state index contributed by atoms with van der Waals surface area (Å²) in [5.41, 5.74) is -1.73. The van der Waals surface area contributed by atoms with Gasteiger partial charge in [0, 0.05) is 88.2 Å². The summed E-state index contributed by atoms with van der Waals surface area (Å²) < 4.78 is 120. The molecule has 10 aromatic rings. The number of pyridine rings is 2. The average molecular weight is 1350 g/mol. The van der Waals surface area contributed by atoms with Crippen molar-refractivity contribution in [1.29, 1.82) is 0 Å². The number of ether oxygens (including phenoxy) is 10. The molecule has 0 atom stereocenters. The predicted molar refractivity (Wildman–Crippen MR) is 352 cm³/mol. The largest absolute Gasteiger partial charge is 0.487 e. The fraction of sp³-hybridized carbons (Fsp3) is 0.257. The molecule has 4 aromatic heterocycles. The number of aryl methyl sites for hydroxylation is 3. The van der Waals surface area contributed by atoms with E-state index in [2.05, 4.69) is 20.6 Å². The highest BCUT2D eigenvalue weighted by molar-refractivity contribution is 6.05. The number of rotatable bonds is 21. The number of methoxy groups -OCH3 is 2. The Labute approximate surface area is 555 Å². The van der Waals surface area contributed by atoms with E-state index in [1.807, 2.05) is 13.8 Å². The molecule has 12 rings (SSSR count). The van der Waals surface area contributed by atoms with Crippen molar-refractivity contribution in [2.75, 3.05) is 77.7 Å². The van der Waals surface area contributed by atoms with E-state index in [1.54, 1.807) is 52.3 Å². The van der Waals surface area contributed by atoms with Gasteiger partial charge in [0.25, 0.3) is 22.9 Å². The summed E-state index contributed by atoms with van der Waals surface area (Å²) in [4.78, 5) is 88.5. The van der Waals surface area contributed by atoms with Crippen LogP contribution in [0.15, 0.2) is 141 Å². The molecule has 2 aliphatic heterocycles. The fourth-order valence-corrected chi connectivity index (χ4v) is 10.8. The molecule has 2 amide bonds. The quantitative estimate of drug-likeness (QED) is 0.0500. The zero-order chi connectivity index (χ0) is 69.5. The first-order valence-electron chi connectivity index (χ1n) is 30.8. The fourth-order valence-electron chi connectivity index (χ4n) is 10.8. The van der Waals surface area contributed by atoms with E-state index in [0.29, 0.717) is 100 Å². The number of anilines is 2. The Hall–Kier alpha value is -11.5. The monoisotopic (exact) mass is 1350 g/mol. The Bertz CT molecular complexity index is 4960.